The van der Waals surface area contributed by atoms with Crippen molar-refractivity contribution in [3.05, 3.63) is 60.7 Å². The summed E-state index contributed by atoms with van der Waals surface area (Å²) in [5.41, 5.74) is 10.1. The Labute approximate surface area is 153 Å². The Hall–Kier alpha value is -2.92. The zero-order chi connectivity index (χ0) is 17.9. The molecule has 132 valence electrons. The van der Waals surface area contributed by atoms with Crippen LogP contribution in [0.1, 0.15) is 12.8 Å². The quantitative estimate of drug-likeness (QED) is 0.758. The molecule has 1 aliphatic rings. The van der Waals surface area contributed by atoms with Crippen LogP contribution in [0.5, 0.6) is 0 Å². The zero-order valence-corrected chi connectivity index (χ0v) is 14.5. The molecule has 4 rings (SSSR count). The summed E-state index contributed by atoms with van der Waals surface area (Å²) in [5.74, 6) is 1.04. The van der Waals surface area contributed by atoms with Gasteiger partial charge in [-0.05, 0) is 24.0 Å². The molecule has 2 aromatic carbocycles. The molecule has 1 fully saturated rings. The molecule has 1 aromatic heterocycles. The van der Waals surface area contributed by atoms with Gasteiger partial charge in [0.05, 0.1) is 18.3 Å². The van der Waals surface area contributed by atoms with Crippen LogP contribution in [-0.4, -0.2) is 34.3 Å². The van der Waals surface area contributed by atoms with E-state index in [4.69, 9.17) is 5.73 Å². The predicted molar refractivity (Wildman–Crippen MR) is 105 cm³/mol. The van der Waals surface area contributed by atoms with Crippen molar-refractivity contribution in [2.24, 2.45) is 0 Å². The molecule has 0 amide bonds. The maximum Gasteiger partial charge on any atom is 0.222 e. The summed E-state index contributed by atoms with van der Waals surface area (Å²) in [6.45, 7) is 1.00. The van der Waals surface area contributed by atoms with Gasteiger partial charge in [0, 0.05) is 18.2 Å². The van der Waals surface area contributed by atoms with Crippen LogP contribution in [0.25, 0.3) is 22.4 Å². The van der Waals surface area contributed by atoms with E-state index in [1.54, 1.807) is 0 Å². The van der Waals surface area contributed by atoms with Gasteiger partial charge in [-0.25, -0.2) is 4.98 Å². The first-order chi connectivity index (χ1) is 12.8. The molecule has 0 bridgehead atoms. The van der Waals surface area contributed by atoms with Gasteiger partial charge in [-0.1, -0.05) is 54.6 Å². The van der Waals surface area contributed by atoms with Crippen LogP contribution in [0.3, 0.4) is 0 Å². The van der Waals surface area contributed by atoms with E-state index in [2.05, 4.69) is 39.1 Å². The predicted octanol–water partition coefficient (Wildman–Crippen LogP) is 3.35. The van der Waals surface area contributed by atoms with Gasteiger partial charge in [0.25, 0.3) is 0 Å². The number of nitrogen functional groups attached to an aromatic ring is 1. The molecule has 3 aromatic rings. The molecule has 5 nitrogen and oxygen atoms in total. The molecule has 0 saturated carbocycles. The normalized spacial score (nSPS) is 16.8. The Morgan fingerprint density at radius 3 is 2.50 bits per heavy atom. The molecule has 1 aliphatic heterocycles. The van der Waals surface area contributed by atoms with Crippen molar-refractivity contribution in [3.63, 3.8) is 0 Å². The van der Waals surface area contributed by atoms with Crippen molar-refractivity contribution in [2.75, 3.05) is 23.8 Å². The highest BCUT2D eigenvalue weighted by Gasteiger charge is 2.26. The van der Waals surface area contributed by atoms with E-state index in [1.165, 1.54) is 0 Å². The highest BCUT2D eigenvalue weighted by molar-refractivity contribution is 5.82. The Morgan fingerprint density at radius 1 is 1.00 bits per heavy atom. The van der Waals surface area contributed by atoms with Crippen LogP contribution in [0.15, 0.2) is 60.7 Å². The van der Waals surface area contributed by atoms with Crippen LogP contribution in [0.4, 0.5) is 11.8 Å². The summed E-state index contributed by atoms with van der Waals surface area (Å²) in [5, 5.41) is 9.63. The van der Waals surface area contributed by atoms with E-state index >= 15 is 0 Å². The second-order valence-corrected chi connectivity index (χ2v) is 6.55. The molecule has 0 radical (unpaired) electrons. The molecular weight excluding hydrogens is 324 g/mol. The molecule has 26 heavy (non-hydrogen) atoms. The lowest BCUT2D eigenvalue weighted by Gasteiger charge is -2.24. The van der Waals surface area contributed by atoms with Gasteiger partial charge in [-0.15, -0.1) is 0 Å². The van der Waals surface area contributed by atoms with Crippen molar-refractivity contribution < 1.29 is 5.11 Å². The topological polar surface area (TPSA) is 75.3 Å². The largest absolute Gasteiger partial charge is 0.394 e. The van der Waals surface area contributed by atoms with E-state index in [0.717, 1.165) is 47.6 Å². The number of nitrogens with two attached hydrogens (primary N) is 1. The van der Waals surface area contributed by atoms with Gasteiger partial charge >= 0.3 is 0 Å². The van der Waals surface area contributed by atoms with E-state index in [1.807, 2.05) is 36.4 Å². The van der Waals surface area contributed by atoms with Crippen molar-refractivity contribution in [3.8, 4) is 22.4 Å². The van der Waals surface area contributed by atoms with Gasteiger partial charge < -0.3 is 15.7 Å². The van der Waals surface area contributed by atoms with E-state index in [-0.39, 0.29) is 18.6 Å². The standard InChI is InChI=1S/C21H22N4O/c22-21-23-19(13-20(24-21)25-12-6-9-16(25)14-26)18-11-5-4-10-17(18)15-7-2-1-3-8-15/h1-5,7-8,10-11,13,16,26H,6,9,12,14H2,(H2,22,23,24)/t16-/m1/s1. The lowest BCUT2D eigenvalue weighted by Crippen LogP contribution is -2.33. The third-order valence-electron chi connectivity index (χ3n) is 4.90. The van der Waals surface area contributed by atoms with Crippen LogP contribution < -0.4 is 10.6 Å². The van der Waals surface area contributed by atoms with E-state index in [9.17, 15) is 5.11 Å². The molecule has 0 unspecified atom stereocenters. The second kappa shape index (κ2) is 7.14. The molecular formula is C21H22N4O. The number of benzene rings is 2. The number of anilines is 2. The van der Waals surface area contributed by atoms with E-state index < -0.39 is 0 Å². The highest BCUT2D eigenvalue weighted by Crippen LogP contribution is 2.33. The number of nitrogens with zero attached hydrogens (tertiary/aromatic N) is 3. The molecule has 3 N–H and O–H groups in total. The van der Waals surface area contributed by atoms with Gasteiger partial charge in [-0.2, -0.15) is 4.98 Å². The Morgan fingerprint density at radius 2 is 1.73 bits per heavy atom. The van der Waals surface area contributed by atoms with Gasteiger partial charge in [0.2, 0.25) is 5.95 Å². The summed E-state index contributed by atoms with van der Waals surface area (Å²) in [6, 6.07) is 20.5. The van der Waals surface area contributed by atoms with Crippen molar-refractivity contribution in [1.82, 2.24) is 9.97 Å². The summed E-state index contributed by atoms with van der Waals surface area (Å²) >= 11 is 0. The number of hydrogen-bond acceptors (Lipinski definition) is 5. The monoisotopic (exact) mass is 346 g/mol. The fourth-order valence-electron chi connectivity index (χ4n) is 3.64. The van der Waals surface area contributed by atoms with Crippen LogP contribution >= 0.6 is 0 Å². The zero-order valence-electron chi connectivity index (χ0n) is 14.5. The van der Waals surface area contributed by atoms with Gasteiger partial charge in [-0.3, -0.25) is 0 Å². The Kier molecular flexibility index (Phi) is 4.54. The molecule has 1 atom stereocenters. The fourth-order valence-corrected chi connectivity index (χ4v) is 3.64. The average Bonchev–Trinajstić information content (AvgIpc) is 3.17. The van der Waals surface area contributed by atoms with Crippen molar-refractivity contribution >= 4 is 11.8 Å². The Balaban J connectivity index is 1.80. The first kappa shape index (κ1) is 16.5. The molecule has 2 heterocycles. The summed E-state index contributed by atoms with van der Waals surface area (Å²) in [4.78, 5) is 11.0. The van der Waals surface area contributed by atoms with Crippen LogP contribution in [-0.2, 0) is 0 Å². The molecule has 0 spiro atoms. The van der Waals surface area contributed by atoms with Gasteiger partial charge in [0.1, 0.15) is 5.82 Å². The fraction of sp³-hybridized carbons (Fsp3) is 0.238. The van der Waals surface area contributed by atoms with Crippen LogP contribution in [0.2, 0.25) is 0 Å². The van der Waals surface area contributed by atoms with Crippen LogP contribution in [0, 0.1) is 0 Å². The smallest absolute Gasteiger partial charge is 0.222 e. The summed E-state index contributed by atoms with van der Waals surface area (Å²) in [7, 11) is 0. The number of aromatic nitrogens is 2. The third kappa shape index (κ3) is 3.13. The Bertz CT molecular complexity index is 898. The third-order valence-corrected chi connectivity index (χ3v) is 4.90. The number of aliphatic hydroxyl groups is 1. The second-order valence-electron chi connectivity index (χ2n) is 6.55. The maximum absolute atomic E-state index is 9.63. The number of rotatable bonds is 4. The number of aliphatic hydroxyl groups excluding tert-OH is 1. The lowest BCUT2D eigenvalue weighted by atomic mass is 9.97. The van der Waals surface area contributed by atoms with Crippen molar-refractivity contribution in [2.45, 2.75) is 18.9 Å². The van der Waals surface area contributed by atoms with Crippen molar-refractivity contribution in [1.29, 1.82) is 0 Å². The highest BCUT2D eigenvalue weighted by atomic mass is 16.3. The first-order valence-corrected chi connectivity index (χ1v) is 8.93. The average molecular weight is 346 g/mol. The molecule has 1 saturated heterocycles. The molecule has 5 heteroatoms. The summed E-state index contributed by atoms with van der Waals surface area (Å²) in [6.07, 6.45) is 2.02. The minimum Gasteiger partial charge on any atom is -0.394 e. The maximum atomic E-state index is 9.63. The first-order valence-electron chi connectivity index (χ1n) is 8.93. The molecule has 0 aliphatic carbocycles. The SMILES string of the molecule is Nc1nc(-c2ccccc2-c2ccccc2)cc(N2CCC[C@@H]2CO)n1. The van der Waals surface area contributed by atoms with Gasteiger partial charge in [0.15, 0.2) is 0 Å². The lowest BCUT2D eigenvalue weighted by molar-refractivity contribution is 0.266. The van der Waals surface area contributed by atoms with E-state index in [0.29, 0.717) is 0 Å². The minimum atomic E-state index is 0.0986. The summed E-state index contributed by atoms with van der Waals surface area (Å²) < 4.78 is 0. The number of hydrogen-bond donors (Lipinski definition) is 2. The minimum absolute atomic E-state index is 0.0986.